The molecule has 0 spiro atoms. The Hall–Kier alpha value is -2.28. The molecule has 1 aromatic heterocycles. The van der Waals surface area contributed by atoms with Crippen molar-refractivity contribution in [3.8, 4) is 0 Å². The summed E-state index contributed by atoms with van der Waals surface area (Å²) in [6.07, 6.45) is -3.90. The lowest BCUT2D eigenvalue weighted by molar-refractivity contribution is -0.137. The predicted octanol–water partition coefficient (Wildman–Crippen LogP) is 3.59. The summed E-state index contributed by atoms with van der Waals surface area (Å²) < 4.78 is 37.2. The van der Waals surface area contributed by atoms with Crippen LogP contribution in [0.1, 0.15) is 16.1 Å². The van der Waals surface area contributed by atoms with E-state index in [0.29, 0.717) is 16.9 Å². The van der Waals surface area contributed by atoms with E-state index < -0.39 is 17.6 Å². The maximum atomic E-state index is 12.4. The molecule has 0 unspecified atom stereocenters. The predicted molar refractivity (Wildman–Crippen MR) is 73.1 cm³/mol. The highest BCUT2D eigenvalue weighted by Gasteiger charge is 2.30. The van der Waals surface area contributed by atoms with Crippen molar-refractivity contribution in [3.63, 3.8) is 0 Å². The highest BCUT2D eigenvalue weighted by atomic mass is 35.5. The van der Waals surface area contributed by atoms with Gasteiger partial charge in [-0.2, -0.15) is 13.2 Å². The topological polar surface area (TPSA) is 68.0 Å². The molecule has 1 aromatic carbocycles. The first-order valence-corrected chi connectivity index (χ1v) is 6.05. The van der Waals surface area contributed by atoms with Crippen molar-refractivity contribution in [3.05, 3.63) is 52.8 Å². The molecule has 3 N–H and O–H groups in total. The van der Waals surface area contributed by atoms with E-state index in [1.54, 1.807) is 0 Å². The molecular weight excluding hydrogens is 307 g/mol. The first-order valence-electron chi connectivity index (χ1n) is 5.67. The Balaban J connectivity index is 2.17. The zero-order valence-corrected chi connectivity index (χ0v) is 11.2. The van der Waals surface area contributed by atoms with Gasteiger partial charge in [0.2, 0.25) is 0 Å². The van der Waals surface area contributed by atoms with Crippen LogP contribution in [0.2, 0.25) is 5.02 Å². The van der Waals surface area contributed by atoms with E-state index in [4.69, 9.17) is 17.3 Å². The lowest BCUT2D eigenvalue weighted by atomic mass is 10.2. The van der Waals surface area contributed by atoms with Crippen LogP contribution in [0, 0.1) is 0 Å². The molecule has 2 rings (SSSR count). The van der Waals surface area contributed by atoms with Crippen molar-refractivity contribution >= 4 is 28.9 Å². The summed E-state index contributed by atoms with van der Waals surface area (Å²) in [5.41, 5.74) is 5.12. The third-order valence-corrected chi connectivity index (χ3v) is 2.82. The second-order valence-electron chi connectivity index (χ2n) is 4.12. The second kappa shape index (κ2) is 5.61. The fourth-order valence-electron chi connectivity index (χ4n) is 1.53. The van der Waals surface area contributed by atoms with Crippen LogP contribution in [0.5, 0.6) is 0 Å². The van der Waals surface area contributed by atoms with Crippen LogP contribution >= 0.6 is 11.6 Å². The number of rotatable bonds is 2. The minimum absolute atomic E-state index is 0.155. The molecule has 0 aliphatic carbocycles. The lowest BCUT2D eigenvalue weighted by Gasteiger charge is -2.09. The van der Waals surface area contributed by atoms with Crippen molar-refractivity contribution in [2.45, 2.75) is 6.18 Å². The van der Waals surface area contributed by atoms with Gasteiger partial charge in [-0.3, -0.25) is 9.78 Å². The van der Waals surface area contributed by atoms with Gasteiger partial charge < -0.3 is 11.1 Å². The number of pyridine rings is 1. The van der Waals surface area contributed by atoms with E-state index >= 15 is 0 Å². The fraction of sp³-hybridized carbons (Fsp3) is 0.0769. The number of benzene rings is 1. The number of nitrogens with zero attached hydrogens (tertiary/aromatic N) is 1. The Morgan fingerprint density at radius 1 is 1.24 bits per heavy atom. The molecule has 1 amide bonds. The maximum Gasteiger partial charge on any atom is 0.417 e. The molecule has 110 valence electrons. The lowest BCUT2D eigenvalue weighted by Crippen LogP contribution is -2.15. The third-order valence-electron chi connectivity index (χ3n) is 2.59. The minimum atomic E-state index is -4.50. The van der Waals surface area contributed by atoms with Crippen molar-refractivity contribution in [2.24, 2.45) is 0 Å². The van der Waals surface area contributed by atoms with Crippen LogP contribution in [-0.2, 0) is 6.18 Å². The molecule has 8 heteroatoms. The van der Waals surface area contributed by atoms with Crippen molar-refractivity contribution in [1.29, 1.82) is 0 Å². The summed E-state index contributed by atoms with van der Waals surface area (Å²) in [7, 11) is 0. The van der Waals surface area contributed by atoms with Gasteiger partial charge in [-0.1, -0.05) is 11.6 Å². The van der Waals surface area contributed by atoms with E-state index in [-0.39, 0.29) is 11.4 Å². The van der Waals surface area contributed by atoms with Crippen LogP contribution in [0.3, 0.4) is 0 Å². The van der Waals surface area contributed by atoms with Gasteiger partial charge in [0.1, 0.15) is 5.69 Å². The highest BCUT2D eigenvalue weighted by Crippen LogP contribution is 2.28. The van der Waals surface area contributed by atoms with Crippen LogP contribution in [0.25, 0.3) is 0 Å². The molecular formula is C13H9ClF3N3O. The molecule has 0 aliphatic heterocycles. The SMILES string of the molecule is Nc1cc(Cl)ccc1NC(=O)c1ccc(C(F)(F)F)cn1. The molecule has 0 aliphatic rings. The summed E-state index contributed by atoms with van der Waals surface area (Å²) in [5.74, 6) is -0.669. The molecule has 0 saturated heterocycles. The molecule has 0 radical (unpaired) electrons. The van der Waals surface area contributed by atoms with Gasteiger partial charge in [0, 0.05) is 11.2 Å². The summed E-state index contributed by atoms with van der Waals surface area (Å²) in [5, 5.41) is 2.85. The second-order valence-corrected chi connectivity index (χ2v) is 4.55. The van der Waals surface area contributed by atoms with Gasteiger partial charge in [-0.05, 0) is 30.3 Å². The Morgan fingerprint density at radius 3 is 2.48 bits per heavy atom. The number of alkyl halides is 3. The van der Waals surface area contributed by atoms with E-state index in [1.165, 1.54) is 18.2 Å². The maximum absolute atomic E-state index is 12.4. The van der Waals surface area contributed by atoms with Gasteiger partial charge >= 0.3 is 6.18 Å². The average molecular weight is 316 g/mol. The first kappa shape index (κ1) is 15.1. The molecule has 21 heavy (non-hydrogen) atoms. The largest absolute Gasteiger partial charge is 0.417 e. The van der Waals surface area contributed by atoms with Crippen molar-refractivity contribution in [1.82, 2.24) is 4.98 Å². The molecule has 1 heterocycles. The number of carbonyl (C=O) groups excluding carboxylic acids is 1. The van der Waals surface area contributed by atoms with Crippen LogP contribution in [0.4, 0.5) is 24.5 Å². The monoisotopic (exact) mass is 315 g/mol. The fourth-order valence-corrected chi connectivity index (χ4v) is 1.71. The highest BCUT2D eigenvalue weighted by molar-refractivity contribution is 6.31. The Labute approximate surface area is 122 Å². The molecule has 2 aromatic rings. The number of halogens is 4. The van der Waals surface area contributed by atoms with Crippen LogP contribution < -0.4 is 11.1 Å². The van der Waals surface area contributed by atoms with Crippen molar-refractivity contribution < 1.29 is 18.0 Å². The number of hydrogen-bond acceptors (Lipinski definition) is 3. The van der Waals surface area contributed by atoms with Gasteiger partial charge in [0.15, 0.2) is 0 Å². The summed E-state index contributed by atoms with van der Waals surface area (Å²) in [4.78, 5) is 15.4. The smallest absolute Gasteiger partial charge is 0.397 e. The summed E-state index contributed by atoms with van der Waals surface area (Å²) in [6.45, 7) is 0. The Kier molecular flexibility index (Phi) is 4.04. The Morgan fingerprint density at radius 2 is 1.95 bits per heavy atom. The van der Waals surface area contributed by atoms with Crippen molar-refractivity contribution in [2.75, 3.05) is 11.1 Å². The summed E-state index contributed by atoms with van der Waals surface area (Å²) >= 11 is 5.72. The number of aromatic nitrogens is 1. The van der Waals surface area contributed by atoms with Gasteiger partial charge in [0.05, 0.1) is 16.9 Å². The number of nitrogens with two attached hydrogens (primary N) is 1. The average Bonchev–Trinajstić information content (AvgIpc) is 2.41. The number of carbonyl (C=O) groups is 1. The summed E-state index contributed by atoms with van der Waals surface area (Å²) in [6, 6.07) is 6.22. The minimum Gasteiger partial charge on any atom is -0.397 e. The molecule has 0 fully saturated rings. The van der Waals surface area contributed by atoms with Crippen LogP contribution in [-0.4, -0.2) is 10.9 Å². The number of anilines is 2. The van der Waals surface area contributed by atoms with Gasteiger partial charge in [-0.15, -0.1) is 0 Å². The third kappa shape index (κ3) is 3.63. The van der Waals surface area contributed by atoms with Gasteiger partial charge in [0.25, 0.3) is 5.91 Å². The molecule has 0 atom stereocenters. The number of nitrogen functional groups attached to an aromatic ring is 1. The number of amides is 1. The molecule has 0 bridgehead atoms. The number of nitrogens with one attached hydrogen (secondary N) is 1. The van der Waals surface area contributed by atoms with E-state index in [1.807, 2.05) is 0 Å². The zero-order chi connectivity index (χ0) is 15.6. The zero-order valence-electron chi connectivity index (χ0n) is 10.4. The quantitative estimate of drug-likeness (QED) is 0.832. The van der Waals surface area contributed by atoms with E-state index in [0.717, 1.165) is 12.1 Å². The molecule has 0 saturated carbocycles. The van der Waals surface area contributed by atoms with Gasteiger partial charge in [-0.25, -0.2) is 0 Å². The number of hydrogen-bond donors (Lipinski definition) is 2. The Bertz CT molecular complexity index is 671. The normalized spacial score (nSPS) is 11.2. The molecule has 4 nitrogen and oxygen atoms in total. The van der Waals surface area contributed by atoms with E-state index in [9.17, 15) is 18.0 Å². The first-order chi connectivity index (χ1) is 9.77. The standard InChI is InChI=1S/C13H9ClF3N3O/c14-8-2-4-10(9(18)5-8)20-12(21)11-3-1-7(6-19-11)13(15,16)17/h1-6H,18H2,(H,20,21). The van der Waals surface area contributed by atoms with Crippen LogP contribution in [0.15, 0.2) is 36.5 Å². The van der Waals surface area contributed by atoms with E-state index in [2.05, 4.69) is 10.3 Å².